The Kier molecular flexibility index (Phi) is 4.96. The minimum Gasteiger partial charge on any atom is -0.361 e. The Morgan fingerprint density at radius 1 is 1.38 bits per heavy atom. The van der Waals surface area contributed by atoms with Crippen LogP contribution in [0, 0.1) is 6.92 Å². The van der Waals surface area contributed by atoms with E-state index in [-0.39, 0.29) is 11.9 Å². The molecular weight excluding hydrogens is 308 g/mol. The van der Waals surface area contributed by atoms with Crippen LogP contribution in [0.2, 0.25) is 0 Å². The van der Waals surface area contributed by atoms with Crippen LogP contribution in [0.3, 0.4) is 0 Å². The van der Waals surface area contributed by atoms with Gasteiger partial charge in [-0.2, -0.15) is 5.10 Å². The van der Waals surface area contributed by atoms with Crippen molar-refractivity contribution in [3.8, 4) is 0 Å². The smallest absolute Gasteiger partial charge is 0.244 e. The zero-order valence-corrected chi connectivity index (χ0v) is 14.4. The molecule has 1 aliphatic heterocycles. The molecule has 1 saturated heterocycles. The van der Waals surface area contributed by atoms with Crippen molar-refractivity contribution in [3.63, 3.8) is 0 Å². The maximum Gasteiger partial charge on any atom is 0.244 e. The molecular formula is C16H24N6O2. The van der Waals surface area contributed by atoms with Gasteiger partial charge in [0, 0.05) is 57.6 Å². The van der Waals surface area contributed by atoms with Crippen LogP contribution in [0.25, 0.3) is 0 Å². The Morgan fingerprint density at radius 3 is 2.67 bits per heavy atom. The fourth-order valence-corrected chi connectivity index (χ4v) is 3.05. The van der Waals surface area contributed by atoms with E-state index < -0.39 is 0 Å². The number of nitrogens with zero attached hydrogens (tertiary/aromatic N) is 5. The second-order valence-electron chi connectivity index (χ2n) is 6.20. The summed E-state index contributed by atoms with van der Waals surface area (Å²) in [5, 5.41) is 11.3. The van der Waals surface area contributed by atoms with Crippen LogP contribution in [0.5, 0.6) is 0 Å². The lowest BCUT2D eigenvalue weighted by Gasteiger charge is -2.35. The molecule has 0 saturated carbocycles. The first-order valence-corrected chi connectivity index (χ1v) is 8.16. The Balaban J connectivity index is 1.56. The van der Waals surface area contributed by atoms with Crippen molar-refractivity contribution in [2.24, 2.45) is 7.05 Å². The fourth-order valence-electron chi connectivity index (χ4n) is 3.05. The monoisotopic (exact) mass is 332 g/mol. The first kappa shape index (κ1) is 16.7. The summed E-state index contributed by atoms with van der Waals surface area (Å²) in [7, 11) is 3.66. The Morgan fingerprint density at radius 2 is 2.12 bits per heavy atom. The number of amides is 1. The van der Waals surface area contributed by atoms with Crippen LogP contribution in [-0.4, -0.2) is 63.9 Å². The number of carbonyl (C=O) groups is 1. The van der Waals surface area contributed by atoms with E-state index in [1.807, 2.05) is 31.1 Å². The lowest BCUT2D eigenvalue weighted by molar-refractivity contribution is -0.135. The minimum absolute atomic E-state index is 0.0995. The molecule has 2 aromatic rings. The van der Waals surface area contributed by atoms with E-state index in [1.165, 1.54) is 0 Å². The molecule has 1 unspecified atom stereocenters. The van der Waals surface area contributed by atoms with Crippen LogP contribution in [0.1, 0.15) is 23.1 Å². The third kappa shape index (κ3) is 3.65. The van der Waals surface area contributed by atoms with Gasteiger partial charge in [-0.25, -0.2) is 0 Å². The normalized spacial score (nSPS) is 17.2. The first-order chi connectivity index (χ1) is 11.6. The third-order valence-corrected chi connectivity index (χ3v) is 4.34. The Labute approximate surface area is 141 Å². The zero-order chi connectivity index (χ0) is 17.1. The van der Waals surface area contributed by atoms with E-state index >= 15 is 0 Å². The number of piperazine rings is 1. The third-order valence-electron chi connectivity index (χ3n) is 4.34. The number of likely N-dealkylation sites (N-methyl/N-ethyl adjacent to an activating group) is 1. The van der Waals surface area contributed by atoms with Crippen molar-refractivity contribution in [2.45, 2.75) is 19.5 Å². The zero-order valence-electron chi connectivity index (χ0n) is 14.4. The average molecular weight is 332 g/mol. The van der Waals surface area contributed by atoms with Gasteiger partial charge in [0.25, 0.3) is 0 Å². The molecule has 0 radical (unpaired) electrons. The summed E-state index contributed by atoms with van der Waals surface area (Å²) in [5.74, 6) is 0.926. The van der Waals surface area contributed by atoms with E-state index in [1.54, 1.807) is 17.9 Å². The molecule has 0 spiro atoms. The predicted molar refractivity (Wildman–Crippen MR) is 88.1 cm³/mol. The number of hydrogen-bond donors (Lipinski definition) is 1. The van der Waals surface area contributed by atoms with Crippen molar-refractivity contribution in [2.75, 3.05) is 33.2 Å². The summed E-state index contributed by atoms with van der Waals surface area (Å²) >= 11 is 0. The van der Waals surface area contributed by atoms with Crippen LogP contribution >= 0.6 is 0 Å². The molecule has 24 heavy (non-hydrogen) atoms. The SMILES string of the molecule is CNC(C(=O)N1CCN(Cc2cc(C)on2)CC1)c1cnn(C)c1. The summed E-state index contributed by atoms with van der Waals surface area (Å²) in [4.78, 5) is 17.0. The average Bonchev–Trinajstić information content (AvgIpc) is 3.17. The van der Waals surface area contributed by atoms with Gasteiger partial charge in [-0.15, -0.1) is 0 Å². The summed E-state index contributed by atoms with van der Waals surface area (Å²) in [6.45, 7) is 5.76. The summed E-state index contributed by atoms with van der Waals surface area (Å²) in [6, 6.07) is 1.61. The van der Waals surface area contributed by atoms with Gasteiger partial charge >= 0.3 is 0 Å². The van der Waals surface area contributed by atoms with Crippen molar-refractivity contribution < 1.29 is 9.32 Å². The van der Waals surface area contributed by atoms with Gasteiger partial charge in [0.05, 0.1) is 11.9 Å². The highest BCUT2D eigenvalue weighted by Crippen LogP contribution is 2.17. The predicted octanol–water partition coefficient (Wildman–Crippen LogP) is 0.321. The molecule has 1 aliphatic rings. The van der Waals surface area contributed by atoms with Crippen LogP contribution in [0.15, 0.2) is 23.0 Å². The van der Waals surface area contributed by atoms with E-state index in [9.17, 15) is 4.79 Å². The minimum atomic E-state index is -0.344. The quantitative estimate of drug-likeness (QED) is 0.850. The van der Waals surface area contributed by atoms with Crippen molar-refractivity contribution in [3.05, 3.63) is 35.5 Å². The number of rotatable bonds is 5. The van der Waals surface area contributed by atoms with Gasteiger partial charge in [0.15, 0.2) is 0 Å². The van der Waals surface area contributed by atoms with Gasteiger partial charge in [-0.3, -0.25) is 14.4 Å². The van der Waals surface area contributed by atoms with Crippen molar-refractivity contribution >= 4 is 5.91 Å². The molecule has 0 aliphatic carbocycles. The maximum atomic E-state index is 12.8. The highest BCUT2D eigenvalue weighted by molar-refractivity contribution is 5.83. The largest absolute Gasteiger partial charge is 0.361 e. The lowest BCUT2D eigenvalue weighted by Crippen LogP contribution is -2.51. The molecule has 1 N–H and O–H groups in total. The molecule has 1 fully saturated rings. The van der Waals surface area contributed by atoms with Gasteiger partial charge in [-0.1, -0.05) is 5.16 Å². The lowest BCUT2D eigenvalue weighted by atomic mass is 10.1. The van der Waals surface area contributed by atoms with Crippen LogP contribution in [0.4, 0.5) is 0 Å². The second-order valence-corrected chi connectivity index (χ2v) is 6.20. The Bertz CT molecular complexity index is 686. The fraction of sp³-hybridized carbons (Fsp3) is 0.562. The molecule has 0 bridgehead atoms. The molecule has 3 heterocycles. The molecule has 1 atom stereocenters. The molecule has 130 valence electrons. The standard InChI is InChI=1S/C16H24N6O2/c1-12-8-14(19-24-12)11-21-4-6-22(7-5-21)16(23)15(17-2)13-9-18-20(3)10-13/h8-10,15,17H,4-7,11H2,1-3H3. The highest BCUT2D eigenvalue weighted by atomic mass is 16.5. The van der Waals surface area contributed by atoms with Crippen LogP contribution in [-0.2, 0) is 18.4 Å². The first-order valence-electron chi connectivity index (χ1n) is 8.16. The van der Waals surface area contributed by atoms with Gasteiger partial charge < -0.3 is 14.7 Å². The number of carbonyl (C=O) groups excluding carboxylic acids is 1. The topological polar surface area (TPSA) is 79.4 Å². The molecule has 8 heteroatoms. The molecule has 2 aromatic heterocycles. The number of nitrogens with one attached hydrogen (secondary N) is 1. The van der Waals surface area contributed by atoms with Crippen molar-refractivity contribution in [1.82, 2.24) is 30.1 Å². The number of hydrogen-bond acceptors (Lipinski definition) is 6. The van der Waals surface area contributed by atoms with Gasteiger partial charge in [-0.05, 0) is 14.0 Å². The highest BCUT2D eigenvalue weighted by Gasteiger charge is 2.28. The van der Waals surface area contributed by atoms with Crippen molar-refractivity contribution in [1.29, 1.82) is 0 Å². The maximum absolute atomic E-state index is 12.8. The van der Waals surface area contributed by atoms with E-state index in [4.69, 9.17) is 4.52 Å². The van der Waals surface area contributed by atoms with E-state index in [2.05, 4.69) is 20.5 Å². The number of aromatic nitrogens is 3. The number of aryl methyl sites for hydroxylation is 2. The Hall–Kier alpha value is -2.19. The molecule has 0 aromatic carbocycles. The van der Waals surface area contributed by atoms with E-state index in [0.29, 0.717) is 13.1 Å². The van der Waals surface area contributed by atoms with E-state index in [0.717, 1.165) is 36.7 Å². The van der Waals surface area contributed by atoms with Gasteiger partial charge in [0.1, 0.15) is 11.8 Å². The second kappa shape index (κ2) is 7.14. The summed E-state index contributed by atoms with van der Waals surface area (Å²) in [6.07, 6.45) is 3.62. The van der Waals surface area contributed by atoms with Crippen LogP contribution < -0.4 is 5.32 Å². The summed E-state index contributed by atoms with van der Waals surface area (Å²) in [5.41, 5.74) is 1.83. The molecule has 1 amide bonds. The molecule has 8 nitrogen and oxygen atoms in total. The van der Waals surface area contributed by atoms with Gasteiger partial charge in [0.2, 0.25) is 5.91 Å². The summed E-state index contributed by atoms with van der Waals surface area (Å²) < 4.78 is 6.82. The molecule has 3 rings (SSSR count).